The van der Waals surface area contributed by atoms with E-state index in [2.05, 4.69) is 133 Å². The fourth-order valence-corrected chi connectivity index (χ4v) is 5.65. The van der Waals surface area contributed by atoms with Gasteiger partial charge in [0, 0.05) is 28.9 Å². The lowest BCUT2D eigenvalue weighted by molar-refractivity contribution is 0.326. The molecule has 220 valence electrons. The topological polar surface area (TPSA) is 16.4 Å². The van der Waals surface area contributed by atoms with E-state index >= 15 is 0 Å². The van der Waals surface area contributed by atoms with Gasteiger partial charge in [-0.05, 0) is 66.8 Å². The molecule has 0 amide bonds. The molecule has 6 rings (SSSR count). The summed E-state index contributed by atoms with van der Waals surface area (Å²) in [6.07, 6.45) is 34.4. The highest BCUT2D eigenvalue weighted by atomic mass is 16.3. The number of hydrogen-bond donors (Lipinski definition) is 0. The van der Waals surface area contributed by atoms with Gasteiger partial charge in [0.25, 0.3) is 0 Å². The molecule has 1 heterocycles. The maximum Gasteiger partial charge on any atom is 0.135 e. The summed E-state index contributed by atoms with van der Waals surface area (Å²) in [7, 11) is 0. The Kier molecular flexibility index (Phi) is 11.0. The van der Waals surface area contributed by atoms with Crippen LogP contribution in [0.4, 0.5) is 0 Å². The standard InChI is InChI=1S/C37H33NO.2C2H6/c1-3-4-15-33-34-17-9-10-18-35(34)39-36(33)19-13-26-38(37(2)24-11-5-6-12-25-37)30-21-20-29-27-28-14-7-8-16-31(28)32(29)23-22-30;2*1-2/h3-21,23-26H,22,27H2,1-2H3;2*1-2H3/b4-3-,26-13+,33-15-,36-19+;;. The first kappa shape index (κ1) is 31.4. The van der Waals surface area contributed by atoms with Gasteiger partial charge in [0.15, 0.2) is 0 Å². The van der Waals surface area contributed by atoms with Gasteiger partial charge in [-0.1, -0.05) is 137 Å². The summed E-state index contributed by atoms with van der Waals surface area (Å²) in [5, 5.41) is 2.22. The zero-order valence-electron chi connectivity index (χ0n) is 26.5. The number of allylic oxidation sites excluding steroid dienone is 12. The maximum absolute atomic E-state index is 6.26. The minimum Gasteiger partial charge on any atom is -0.456 e. The second kappa shape index (κ2) is 15.1. The van der Waals surface area contributed by atoms with E-state index in [-0.39, 0.29) is 5.54 Å². The molecule has 0 bridgehead atoms. The van der Waals surface area contributed by atoms with Crippen molar-refractivity contribution in [3.63, 3.8) is 0 Å². The highest BCUT2D eigenvalue weighted by molar-refractivity contribution is 5.87. The van der Waals surface area contributed by atoms with E-state index in [4.69, 9.17) is 4.42 Å². The van der Waals surface area contributed by atoms with Crippen LogP contribution in [-0.2, 0) is 6.42 Å². The highest BCUT2D eigenvalue weighted by Gasteiger charge is 2.28. The van der Waals surface area contributed by atoms with Crippen molar-refractivity contribution < 1.29 is 4.42 Å². The van der Waals surface area contributed by atoms with Crippen LogP contribution in [0.2, 0.25) is 0 Å². The smallest absolute Gasteiger partial charge is 0.135 e. The maximum atomic E-state index is 6.26. The van der Waals surface area contributed by atoms with Crippen molar-refractivity contribution in [1.82, 2.24) is 4.90 Å². The molecule has 0 spiro atoms. The van der Waals surface area contributed by atoms with Crippen LogP contribution in [-0.4, -0.2) is 10.4 Å². The molecule has 0 saturated heterocycles. The van der Waals surface area contributed by atoms with Crippen LogP contribution in [0.15, 0.2) is 143 Å². The van der Waals surface area contributed by atoms with Crippen molar-refractivity contribution in [3.05, 3.63) is 161 Å². The fourth-order valence-electron chi connectivity index (χ4n) is 5.65. The van der Waals surface area contributed by atoms with Crippen LogP contribution < -0.4 is 10.6 Å². The van der Waals surface area contributed by atoms with Gasteiger partial charge in [-0.15, -0.1) is 0 Å². The number of benzene rings is 2. The van der Waals surface area contributed by atoms with Crippen LogP contribution in [0.25, 0.3) is 28.7 Å². The third kappa shape index (κ3) is 6.92. The molecule has 0 N–H and O–H groups in total. The minimum atomic E-state index is -0.318. The molecule has 3 aromatic rings. The van der Waals surface area contributed by atoms with Crippen molar-refractivity contribution in [2.45, 2.75) is 59.9 Å². The van der Waals surface area contributed by atoms with E-state index in [1.165, 1.54) is 28.0 Å². The van der Waals surface area contributed by atoms with E-state index in [1.807, 2.05) is 52.8 Å². The van der Waals surface area contributed by atoms with E-state index in [0.29, 0.717) is 0 Å². The SMILES string of the molecule is CC.CC.C\C=C/C=c1\c(=C/C=C/N(C2=CC=C3Cc4ccccc4C3=CC2)C2(C)C=CC=CC=C2)oc2ccccc12. The predicted molar refractivity (Wildman–Crippen MR) is 188 cm³/mol. The minimum absolute atomic E-state index is 0.318. The van der Waals surface area contributed by atoms with E-state index in [0.717, 1.165) is 34.4 Å². The van der Waals surface area contributed by atoms with Gasteiger partial charge >= 0.3 is 0 Å². The molecule has 3 aliphatic carbocycles. The fraction of sp³-hybridized carbons (Fsp3) is 0.220. The third-order valence-corrected chi connectivity index (χ3v) is 7.66. The summed E-state index contributed by atoms with van der Waals surface area (Å²) in [5.41, 5.74) is 8.24. The lowest BCUT2D eigenvalue weighted by atomic mass is 9.97. The van der Waals surface area contributed by atoms with Crippen LogP contribution in [0.3, 0.4) is 0 Å². The Morgan fingerprint density at radius 1 is 0.814 bits per heavy atom. The van der Waals surface area contributed by atoms with Crippen molar-refractivity contribution in [3.8, 4) is 0 Å². The first-order valence-corrected chi connectivity index (χ1v) is 15.7. The van der Waals surface area contributed by atoms with Gasteiger partial charge in [-0.3, -0.25) is 0 Å². The molecule has 2 nitrogen and oxygen atoms in total. The molecule has 0 saturated carbocycles. The normalized spacial score (nSPS) is 17.3. The van der Waals surface area contributed by atoms with Gasteiger partial charge in [0.2, 0.25) is 0 Å². The lowest BCUT2D eigenvalue weighted by Gasteiger charge is -2.38. The lowest BCUT2D eigenvalue weighted by Crippen LogP contribution is -2.38. The summed E-state index contributed by atoms with van der Waals surface area (Å²) >= 11 is 0. The molecule has 0 fully saturated rings. The van der Waals surface area contributed by atoms with Gasteiger partial charge in [0.1, 0.15) is 11.0 Å². The number of furan rings is 1. The van der Waals surface area contributed by atoms with Gasteiger partial charge < -0.3 is 9.32 Å². The second-order valence-corrected chi connectivity index (χ2v) is 10.3. The third-order valence-electron chi connectivity index (χ3n) is 7.66. The van der Waals surface area contributed by atoms with Gasteiger partial charge in [0.05, 0.1) is 5.54 Å². The van der Waals surface area contributed by atoms with E-state index in [9.17, 15) is 0 Å². The molecule has 3 aliphatic rings. The Balaban J connectivity index is 0.00000102. The summed E-state index contributed by atoms with van der Waals surface area (Å²) in [5.74, 6) is 0. The molecule has 2 heteroatoms. The molecular formula is C41H45NO. The van der Waals surface area contributed by atoms with Crippen molar-refractivity contribution in [1.29, 1.82) is 0 Å². The highest BCUT2D eigenvalue weighted by Crippen LogP contribution is 2.40. The van der Waals surface area contributed by atoms with Gasteiger partial charge in [-0.2, -0.15) is 0 Å². The zero-order chi connectivity index (χ0) is 30.7. The summed E-state index contributed by atoms with van der Waals surface area (Å²) in [6.45, 7) is 12.3. The largest absolute Gasteiger partial charge is 0.456 e. The Labute approximate surface area is 258 Å². The number of para-hydroxylation sites is 1. The Hall–Kier alpha value is -4.56. The van der Waals surface area contributed by atoms with E-state index in [1.54, 1.807) is 0 Å². The number of fused-ring (bicyclic) bond motifs is 4. The summed E-state index contributed by atoms with van der Waals surface area (Å²) in [6, 6.07) is 17.0. The van der Waals surface area contributed by atoms with Crippen LogP contribution in [0.1, 0.15) is 59.1 Å². The van der Waals surface area contributed by atoms with E-state index < -0.39 is 0 Å². The Bertz CT molecular complexity index is 1760. The number of hydrogen-bond acceptors (Lipinski definition) is 2. The Morgan fingerprint density at radius 2 is 1.53 bits per heavy atom. The second-order valence-electron chi connectivity index (χ2n) is 10.3. The molecule has 43 heavy (non-hydrogen) atoms. The first-order valence-electron chi connectivity index (χ1n) is 15.7. The first-order chi connectivity index (χ1) is 21.2. The average Bonchev–Trinajstić information content (AvgIpc) is 3.39. The van der Waals surface area contributed by atoms with Crippen molar-refractivity contribution in [2.24, 2.45) is 0 Å². The Morgan fingerprint density at radius 3 is 2.30 bits per heavy atom. The molecule has 0 atom stereocenters. The molecule has 0 aliphatic heterocycles. The molecular weight excluding hydrogens is 522 g/mol. The molecule has 0 radical (unpaired) electrons. The average molecular weight is 568 g/mol. The zero-order valence-corrected chi connectivity index (χ0v) is 26.5. The summed E-state index contributed by atoms with van der Waals surface area (Å²) in [4.78, 5) is 2.38. The van der Waals surface area contributed by atoms with Crippen molar-refractivity contribution in [2.75, 3.05) is 0 Å². The van der Waals surface area contributed by atoms with Crippen LogP contribution >= 0.6 is 0 Å². The number of rotatable bonds is 5. The monoisotopic (exact) mass is 567 g/mol. The van der Waals surface area contributed by atoms with Gasteiger partial charge in [-0.25, -0.2) is 0 Å². The van der Waals surface area contributed by atoms with Crippen LogP contribution in [0, 0.1) is 0 Å². The quantitative estimate of drug-likeness (QED) is 0.305. The predicted octanol–water partition coefficient (Wildman–Crippen LogP) is 9.73. The number of nitrogens with zero attached hydrogens (tertiary/aromatic N) is 1. The molecule has 2 aromatic carbocycles. The summed E-state index contributed by atoms with van der Waals surface area (Å²) < 4.78 is 6.26. The van der Waals surface area contributed by atoms with Crippen LogP contribution in [0.5, 0.6) is 0 Å². The van der Waals surface area contributed by atoms with Crippen molar-refractivity contribution >= 4 is 28.7 Å². The molecule has 1 aromatic heterocycles. The molecule has 0 unspecified atom stereocenters.